The molecule has 1 saturated carbocycles. The molecule has 0 amide bonds. The van der Waals surface area contributed by atoms with Crippen molar-refractivity contribution in [2.75, 3.05) is 0 Å². The summed E-state index contributed by atoms with van der Waals surface area (Å²) in [7, 11) is 0. The third kappa shape index (κ3) is 3.22. The molecule has 0 saturated heterocycles. The number of para-hydroxylation sites is 1. The lowest BCUT2D eigenvalue weighted by molar-refractivity contribution is -0.00111. The average molecular weight is 320 g/mol. The summed E-state index contributed by atoms with van der Waals surface area (Å²) < 4.78 is 8.58. The lowest BCUT2D eigenvalue weighted by Gasteiger charge is -2.26. The number of nitrogens with zero attached hydrogens (tertiary/aromatic N) is 2. The molecule has 3 heteroatoms. The molecule has 1 aromatic heterocycles. The fourth-order valence-corrected chi connectivity index (χ4v) is 3.76. The van der Waals surface area contributed by atoms with Crippen LogP contribution in [0.2, 0.25) is 0 Å². The van der Waals surface area contributed by atoms with Crippen LogP contribution in [-0.2, 0) is 11.3 Å². The van der Waals surface area contributed by atoms with E-state index in [1.54, 1.807) is 0 Å². The summed E-state index contributed by atoms with van der Waals surface area (Å²) in [5.74, 6) is 0. The monoisotopic (exact) mass is 320 g/mol. The van der Waals surface area contributed by atoms with Crippen molar-refractivity contribution >= 4 is 10.9 Å². The maximum absolute atomic E-state index is 6.37. The van der Waals surface area contributed by atoms with Crippen LogP contribution >= 0.6 is 0 Å². The zero-order valence-corrected chi connectivity index (χ0v) is 14.0. The molecule has 124 valence electrons. The van der Waals surface area contributed by atoms with Gasteiger partial charge in [0.15, 0.2) is 0 Å². The van der Waals surface area contributed by atoms with Gasteiger partial charge < -0.3 is 4.74 Å². The van der Waals surface area contributed by atoms with Crippen LogP contribution < -0.4 is 0 Å². The number of fused-ring (bicyclic) bond motifs is 1. The summed E-state index contributed by atoms with van der Waals surface area (Å²) in [5, 5.41) is 5.91. The number of aromatic nitrogens is 2. The van der Waals surface area contributed by atoms with Crippen LogP contribution in [0.4, 0.5) is 0 Å². The number of benzene rings is 2. The van der Waals surface area contributed by atoms with E-state index in [-0.39, 0.29) is 6.10 Å². The molecular weight excluding hydrogens is 296 g/mol. The molecule has 2 atom stereocenters. The number of ether oxygens (including phenoxy) is 1. The van der Waals surface area contributed by atoms with E-state index in [1.807, 2.05) is 12.3 Å². The van der Waals surface area contributed by atoms with Gasteiger partial charge in [-0.1, -0.05) is 67.8 Å². The maximum atomic E-state index is 6.37. The standard InChI is InChI=1S/C21H24N2O/c1-3-9-17(10-4-1)16-24-21-14-6-2-5-13-20(21)23-19-12-8-7-11-18(19)15-22-23/h1,3-4,7-12,15,20-21H,2,5-6,13-14,16H2/t20?,21-/m0/s1. The van der Waals surface area contributed by atoms with Crippen LogP contribution in [0.3, 0.4) is 0 Å². The summed E-state index contributed by atoms with van der Waals surface area (Å²) in [6, 6.07) is 19.3. The lowest BCUT2D eigenvalue weighted by Crippen LogP contribution is -2.27. The molecular formula is C21H24N2O. The maximum Gasteiger partial charge on any atom is 0.0803 e. The molecule has 3 nitrogen and oxygen atoms in total. The van der Waals surface area contributed by atoms with E-state index in [4.69, 9.17) is 9.84 Å². The topological polar surface area (TPSA) is 27.1 Å². The quantitative estimate of drug-likeness (QED) is 0.623. The summed E-state index contributed by atoms with van der Waals surface area (Å²) in [6.07, 6.45) is 8.27. The molecule has 1 aliphatic carbocycles. The molecule has 3 aromatic rings. The van der Waals surface area contributed by atoms with Gasteiger partial charge in [-0.3, -0.25) is 4.68 Å². The van der Waals surface area contributed by atoms with E-state index in [9.17, 15) is 0 Å². The first-order valence-electron chi connectivity index (χ1n) is 8.99. The first-order valence-corrected chi connectivity index (χ1v) is 8.99. The molecule has 0 aliphatic heterocycles. The SMILES string of the molecule is c1ccc(CO[C@H]2CCCCCC2n2ncc3ccccc32)cc1. The third-order valence-corrected chi connectivity index (χ3v) is 5.04. The van der Waals surface area contributed by atoms with Crippen molar-refractivity contribution in [3.63, 3.8) is 0 Å². The summed E-state index contributed by atoms with van der Waals surface area (Å²) in [6.45, 7) is 0.682. The van der Waals surface area contributed by atoms with E-state index >= 15 is 0 Å². The fourth-order valence-electron chi connectivity index (χ4n) is 3.76. The van der Waals surface area contributed by atoms with Crippen molar-refractivity contribution in [2.45, 2.75) is 50.9 Å². The Morgan fingerprint density at radius 1 is 0.917 bits per heavy atom. The number of rotatable bonds is 4. The molecule has 0 bridgehead atoms. The predicted molar refractivity (Wildman–Crippen MR) is 96.9 cm³/mol. The third-order valence-electron chi connectivity index (χ3n) is 5.04. The van der Waals surface area contributed by atoms with E-state index in [1.165, 1.54) is 35.7 Å². The minimum Gasteiger partial charge on any atom is -0.371 e. The van der Waals surface area contributed by atoms with Crippen LogP contribution in [0.5, 0.6) is 0 Å². The Morgan fingerprint density at radius 2 is 1.71 bits per heavy atom. The van der Waals surface area contributed by atoms with E-state index in [2.05, 4.69) is 53.2 Å². The molecule has 1 heterocycles. The Hall–Kier alpha value is -2.13. The Balaban J connectivity index is 1.58. The molecule has 1 unspecified atom stereocenters. The van der Waals surface area contributed by atoms with Crippen molar-refractivity contribution in [3.05, 3.63) is 66.4 Å². The molecule has 24 heavy (non-hydrogen) atoms. The lowest BCUT2D eigenvalue weighted by atomic mass is 10.1. The molecule has 1 fully saturated rings. The van der Waals surface area contributed by atoms with Gasteiger partial charge in [-0.15, -0.1) is 0 Å². The average Bonchev–Trinajstić information content (AvgIpc) is 2.92. The minimum absolute atomic E-state index is 0.232. The molecule has 1 aliphatic rings. The predicted octanol–water partition coefficient (Wildman–Crippen LogP) is 5.13. The second-order valence-corrected chi connectivity index (χ2v) is 6.69. The molecule has 2 aromatic carbocycles. The Morgan fingerprint density at radius 3 is 2.62 bits per heavy atom. The van der Waals surface area contributed by atoms with Crippen molar-refractivity contribution in [2.24, 2.45) is 0 Å². The van der Waals surface area contributed by atoms with Crippen LogP contribution in [0, 0.1) is 0 Å². The zero-order chi connectivity index (χ0) is 16.2. The van der Waals surface area contributed by atoms with Gasteiger partial charge in [0.05, 0.1) is 30.5 Å². The smallest absolute Gasteiger partial charge is 0.0803 e. The van der Waals surface area contributed by atoms with Gasteiger partial charge >= 0.3 is 0 Å². The summed E-state index contributed by atoms with van der Waals surface area (Å²) in [4.78, 5) is 0. The van der Waals surface area contributed by atoms with Gasteiger partial charge in [0, 0.05) is 5.39 Å². The summed E-state index contributed by atoms with van der Waals surface area (Å²) in [5.41, 5.74) is 2.46. The van der Waals surface area contributed by atoms with Crippen molar-refractivity contribution in [1.82, 2.24) is 9.78 Å². The number of hydrogen-bond acceptors (Lipinski definition) is 2. The van der Waals surface area contributed by atoms with Gasteiger partial charge in [0.2, 0.25) is 0 Å². The second kappa shape index (κ2) is 7.18. The van der Waals surface area contributed by atoms with Crippen molar-refractivity contribution in [1.29, 1.82) is 0 Å². The summed E-state index contributed by atoms with van der Waals surface area (Å²) >= 11 is 0. The Bertz CT molecular complexity index is 781. The van der Waals surface area contributed by atoms with Crippen LogP contribution in [0.1, 0.15) is 43.7 Å². The zero-order valence-electron chi connectivity index (χ0n) is 14.0. The van der Waals surface area contributed by atoms with E-state index in [0.717, 1.165) is 12.8 Å². The van der Waals surface area contributed by atoms with E-state index < -0.39 is 0 Å². The van der Waals surface area contributed by atoms with Gasteiger partial charge in [-0.2, -0.15) is 5.10 Å². The Kier molecular flexibility index (Phi) is 4.61. The van der Waals surface area contributed by atoms with E-state index in [0.29, 0.717) is 12.6 Å². The highest BCUT2D eigenvalue weighted by atomic mass is 16.5. The first kappa shape index (κ1) is 15.4. The minimum atomic E-state index is 0.232. The molecule has 0 radical (unpaired) electrons. The van der Waals surface area contributed by atoms with Crippen LogP contribution in [0.25, 0.3) is 10.9 Å². The van der Waals surface area contributed by atoms with Gasteiger partial charge in [0.25, 0.3) is 0 Å². The fraction of sp³-hybridized carbons (Fsp3) is 0.381. The Labute approximate surface area is 143 Å². The van der Waals surface area contributed by atoms with Crippen LogP contribution in [-0.4, -0.2) is 15.9 Å². The second-order valence-electron chi connectivity index (χ2n) is 6.69. The highest BCUT2D eigenvalue weighted by Crippen LogP contribution is 2.32. The molecule has 0 N–H and O–H groups in total. The highest BCUT2D eigenvalue weighted by molar-refractivity contribution is 5.78. The largest absolute Gasteiger partial charge is 0.371 e. The van der Waals surface area contributed by atoms with Crippen molar-refractivity contribution in [3.8, 4) is 0 Å². The molecule has 4 rings (SSSR count). The highest BCUT2D eigenvalue weighted by Gasteiger charge is 2.27. The van der Waals surface area contributed by atoms with Crippen LogP contribution in [0.15, 0.2) is 60.8 Å². The van der Waals surface area contributed by atoms with Crippen molar-refractivity contribution < 1.29 is 4.74 Å². The number of hydrogen-bond donors (Lipinski definition) is 0. The normalized spacial score (nSPS) is 21.7. The molecule has 0 spiro atoms. The van der Waals surface area contributed by atoms with Gasteiger partial charge in [-0.25, -0.2) is 0 Å². The van der Waals surface area contributed by atoms with Gasteiger partial charge in [0.1, 0.15) is 0 Å². The van der Waals surface area contributed by atoms with Gasteiger partial charge in [-0.05, 0) is 24.5 Å². The first-order chi connectivity index (χ1) is 11.9.